The van der Waals surface area contributed by atoms with Gasteiger partial charge in [0.05, 0.1) is 12.5 Å². The van der Waals surface area contributed by atoms with Gasteiger partial charge in [-0.3, -0.25) is 0 Å². The first-order valence-corrected chi connectivity index (χ1v) is 11.2. The Labute approximate surface area is 193 Å². The van der Waals surface area contributed by atoms with Crippen LogP contribution >= 0.6 is 11.3 Å². The molecule has 0 aliphatic heterocycles. The van der Waals surface area contributed by atoms with Gasteiger partial charge in [-0.2, -0.15) is 5.10 Å². The lowest BCUT2D eigenvalue weighted by atomic mass is 10.2. The second-order valence-corrected chi connectivity index (χ2v) is 7.90. The first-order chi connectivity index (χ1) is 16.0. The van der Waals surface area contributed by atoms with E-state index in [4.69, 9.17) is 4.42 Å². The summed E-state index contributed by atoms with van der Waals surface area (Å²) in [5.41, 5.74) is 2.01. The molecular formula is C24H22F2N4O2S. The van der Waals surface area contributed by atoms with Crippen LogP contribution in [-0.2, 0) is 0 Å². The highest BCUT2D eigenvalue weighted by atomic mass is 32.1. The summed E-state index contributed by atoms with van der Waals surface area (Å²) in [5.74, 6) is -0.821. The molecule has 0 bridgehead atoms. The van der Waals surface area contributed by atoms with Gasteiger partial charge in [-0.15, -0.1) is 11.3 Å². The van der Waals surface area contributed by atoms with E-state index in [9.17, 15) is 13.9 Å². The number of benzene rings is 2. The van der Waals surface area contributed by atoms with Crippen molar-refractivity contribution in [2.75, 3.05) is 18.0 Å². The quantitative estimate of drug-likeness (QED) is 0.351. The van der Waals surface area contributed by atoms with E-state index in [1.54, 1.807) is 29.6 Å². The minimum Gasteiger partial charge on any atom is -0.507 e. The molecule has 0 unspecified atom stereocenters. The largest absolute Gasteiger partial charge is 0.507 e. The summed E-state index contributed by atoms with van der Waals surface area (Å²) in [7, 11) is 0. The van der Waals surface area contributed by atoms with Gasteiger partial charge in [0, 0.05) is 41.9 Å². The maximum atomic E-state index is 14.2. The predicted octanol–water partition coefficient (Wildman–Crippen LogP) is 5.75. The van der Waals surface area contributed by atoms with Gasteiger partial charge < -0.3 is 14.4 Å². The number of furan rings is 1. The van der Waals surface area contributed by atoms with Crippen LogP contribution in [0.1, 0.15) is 19.4 Å². The minimum atomic E-state index is -0.775. The first kappa shape index (κ1) is 22.5. The van der Waals surface area contributed by atoms with Gasteiger partial charge in [0.2, 0.25) is 4.80 Å². The van der Waals surface area contributed by atoms with Crippen LogP contribution in [0.25, 0.3) is 11.5 Å². The smallest absolute Gasteiger partial charge is 0.211 e. The highest BCUT2D eigenvalue weighted by molar-refractivity contribution is 7.07. The number of nitrogens with zero attached hydrogens (tertiary/aromatic N) is 4. The van der Waals surface area contributed by atoms with Crippen molar-refractivity contribution in [1.29, 1.82) is 0 Å². The topological polar surface area (TPSA) is 66.3 Å². The number of phenolic OH excluding ortho intramolecular Hbond substituents is 1. The summed E-state index contributed by atoms with van der Waals surface area (Å²) in [6.07, 6.45) is 3.04. The lowest BCUT2D eigenvalue weighted by molar-refractivity contribution is 0.474. The Bertz CT molecular complexity index is 1340. The number of rotatable bonds is 7. The standard InChI is InChI=1S/C24H22F2N4O2S/c1-3-29(4-2)18-9-7-16(22(31)13-18)14-27-30-21(23-6-5-11-32-23)15-33-24(30)28-20-10-8-17(25)12-19(20)26/h5-15,31H,3-4H2,1-2H3. The zero-order chi connectivity index (χ0) is 23.4. The number of anilines is 1. The zero-order valence-electron chi connectivity index (χ0n) is 18.1. The highest BCUT2D eigenvalue weighted by Gasteiger charge is 2.12. The van der Waals surface area contributed by atoms with Crippen LogP contribution in [0.2, 0.25) is 0 Å². The van der Waals surface area contributed by atoms with Crippen molar-refractivity contribution in [2.24, 2.45) is 10.1 Å². The monoisotopic (exact) mass is 468 g/mol. The van der Waals surface area contributed by atoms with Gasteiger partial charge in [0.15, 0.2) is 11.6 Å². The molecule has 0 saturated carbocycles. The van der Waals surface area contributed by atoms with Crippen molar-refractivity contribution in [3.8, 4) is 17.2 Å². The molecule has 1 N–H and O–H groups in total. The molecule has 2 aromatic carbocycles. The predicted molar refractivity (Wildman–Crippen MR) is 126 cm³/mol. The van der Waals surface area contributed by atoms with Crippen LogP contribution in [0.15, 0.2) is 74.7 Å². The van der Waals surface area contributed by atoms with Crippen LogP contribution < -0.4 is 9.70 Å². The lowest BCUT2D eigenvalue weighted by Gasteiger charge is -2.21. The molecule has 170 valence electrons. The Kier molecular flexibility index (Phi) is 6.69. The summed E-state index contributed by atoms with van der Waals surface area (Å²) < 4.78 is 34.4. The zero-order valence-corrected chi connectivity index (χ0v) is 18.9. The van der Waals surface area contributed by atoms with Crippen LogP contribution in [0.3, 0.4) is 0 Å². The van der Waals surface area contributed by atoms with Crippen LogP contribution in [0, 0.1) is 11.6 Å². The third kappa shape index (κ3) is 4.88. The van der Waals surface area contributed by atoms with Crippen molar-refractivity contribution < 1.29 is 18.3 Å². The van der Waals surface area contributed by atoms with Gasteiger partial charge in [0.25, 0.3) is 0 Å². The van der Waals surface area contributed by atoms with Gasteiger partial charge in [-0.1, -0.05) is 0 Å². The third-order valence-electron chi connectivity index (χ3n) is 5.04. The summed E-state index contributed by atoms with van der Waals surface area (Å²) in [5, 5.41) is 16.8. The van der Waals surface area contributed by atoms with Crippen molar-refractivity contribution >= 4 is 28.9 Å². The number of aromatic nitrogens is 1. The number of hydrogen-bond acceptors (Lipinski definition) is 6. The number of phenols is 1. The van der Waals surface area contributed by atoms with E-state index in [1.807, 2.05) is 19.9 Å². The molecule has 4 rings (SSSR count). The summed E-state index contributed by atoms with van der Waals surface area (Å²) in [6, 6.07) is 12.1. The average Bonchev–Trinajstić information content (AvgIpc) is 3.46. The van der Waals surface area contributed by atoms with Gasteiger partial charge in [0.1, 0.15) is 22.9 Å². The normalized spacial score (nSPS) is 12.1. The number of halogens is 2. The molecule has 2 aromatic heterocycles. The SMILES string of the molecule is CCN(CC)c1ccc(C=Nn2c(-c3ccco3)csc2=Nc2ccc(F)cc2F)c(O)c1. The van der Waals surface area contributed by atoms with E-state index >= 15 is 0 Å². The Balaban J connectivity index is 1.77. The first-order valence-electron chi connectivity index (χ1n) is 10.4. The van der Waals surface area contributed by atoms with Gasteiger partial charge >= 0.3 is 0 Å². The van der Waals surface area contributed by atoms with Gasteiger partial charge in [-0.25, -0.2) is 18.4 Å². The van der Waals surface area contributed by atoms with Crippen LogP contribution in [0.5, 0.6) is 5.75 Å². The molecule has 6 nitrogen and oxygen atoms in total. The fourth-order valence-corrected chi connectivity index (χ4v) is 4.13. The number of hydrogen-bond donors (Lipinski definition) is 1. The van der Waals surface area contributed by atoms with E-state index in [0.29, 0.717) is 21.8 Å². The molecule has 0 radical (unpaired) electrons. The van der Waals surface area contributed by atoms with Crippen molar-refractivity contribution in [3.05, 3.63) is 82.2 Å². The Morgan fingerprint density at radius 2 is 1.94 bits per heavy atom. The average molecular weight is 469 g/mol. The van der Waals surface area contributed by atoms with Crippen molar-refractivity contribution in [1.82, 2.24) is 4.68 Å². The van der Waals surface area contributed by atoms with E-state index in [-0.39, 0.29) is 11.4 Å². The van der Waals surface area contributed by atoms with Crippen molar-refractivity contribution in [3.63, 3.8) is 0 Å². The van der Waals surface area contributed by atoms with E-state index in [2.05, 4.69) is 15.0 Å². The third-order valence-corrected chi connectivity index (χ3v) is 5.86. The Hall–Kier alpha value is -3.72. The van der Waals surface area contributed by atoms with Crippen molar-refractivity contribution in [2.45, 2.75) is 13.8 Å². The minimum absolute atomic E-state index is 0.0142. The molecule has 33 heavy (non-hydrogen) atoms. The molecular weight excluding hydrogens is 446 g/mol. The summed E-state index contributed by atoms with van der Waals surface area (Å²) >= 11 is 1.23. The molecule has 0 atom stereocenters. The Morgan fingerprint density at radius 3 is 2.61 bits per heavy atom. The fraction of sp³-hybridized carbons (Fsp3) is 0.167. The van der Waals surface area contributed by atoms with E-state index in [0.717, 1.165) is 30.9 Å². The van der Waals surface area contributed by atoms with Crippen LogP contribution in [-0.4, -0.2) is 29.1 Å². The van der Waals surface area contributed by atoms with E-state index in [1.165, 1.54) is 34.6 Å². The summed E-state index contributed by atoms with van der Waals surface area (Å²) in [6.45, 7) is 5.75. The molecule has 0 fully saturated rings. The molecule has 9 heteroatoms. The second kappa shape index (κ2) is 9.83. The second-order valence-electron chi connectivity index (χ2n) is 7.06. The maximum absolute atomic E-state index is 14.2. The molecule has 0 aliphatic rings. The van der Waals surface area contributed by atoms with Gasteiger partial charge in [-0.05, 0) is 50.2 Å². The molecule has 0 amide bonds. The molecule has 0 saturated heterocycles. The van der Waals surface area contributed by atoms with Crippen LogP contribution in [0.4, 0.5) is 20.2 Å². The highest BCUT2D eigenvalue weighted by Crippen LogP contribution is 2.25. The maximum Gasteiger partial charge on any atom is 0.211 e. The molecule has 2 heterocycles. The number of thiazole rings is 1. The number of aromatic hydroxyl groups is 1. The molecule has 4 aromatic rings. The Morgan fingerprint density at radius 1 is 1.12 bits per heavy atom. The van der Waals surface area contributed by atoms with E-state index < -0.39 is 11.6 Å². The lowest BCUT2D eigenvalue weighted by Crippen LogP contribution is -2.21. The summed E-state index contributed by atoms with van der Waals surface area (Å²) in [4.78, 5) is 6.79. The molecule has 0 spiro atoms. The molecule has 0 aliphatic carbocycles. The fourth-order valence-electron chi connectivity index (χ4n) is 3.31.